The maximum atomic E-state index is 9.45. The summed E-state index contributed by atoms with van der Waals surface area (Å²) in [5, 5.41) is 28.2. The van der Waals surface area contributed by atoms with E-state index in [4.69, 9.17) is 0 Å². The Labute approximate surface area is 146 Å². The van der Waals surface area contributed by atoms with Crippen LogP contribution in [0.5, 0.6) is 0 Å². The van der Waals surface area contributed by atoms with Crippen molar-refractivity contribution in [1.29, 1.82) is 0 Å². The lowest BCUT2D eigenvalue weighted by molar-refractivity contribution is -0.0490. The SMILES string of the molecule is OCc1cccc(C2=CC=C(c3ccc4c(c3)C=CC4C(O)O)C2)c1. The maximum absolute atomic E-state index is 9.45. The van der Waals surface area contributed by atoms with Crippen LogP contribution < -0.4 is 0 Å². The molecule has 25 heavy (non-hydrogen) atoms. The molecule has 3 N–H and O–H groups in total. The third-order valence-electron chi connectivity index (χ3n) is 4.97. The van der Waals surface area contributed by atoms with Crippen molar-refractivity contribution in [3.05, 3.63) is 88.5 Å². The second-order valence-electron chi connectivity index (χ2n) is 6.56. The molecule has 0 saturated carbocycles. The molecule has 0 fully saturated rings. The second-order valence-corrected chi connectivity index (χ2v) is 6.56. The highest BCUT2D eigenvalue weighted by Crippen LogP contribution is 2.38. The fourth-order valence-electron chi connectivity index (χ4n) is 3.58. The lowest BCUT2D eigenvalue weighted by atomic mass is 9.94. The minimum absolute atomic E-state index is 0.0520. The van der Waals surface area contributed by atoms with Crippen LogP contribution in [0.2, 0.25) is 0 Å². The van der Waals surface area contributed by atoms with Crippen LogP contribution in [0.25, 0.3) is 17.2 Å². The molecule has 126 valence electrons. The first-order valence-electron chi connectivity index (χ1n) is 8.44. The van der Waals surface area contributed by atoms with E-state index in [1.165, 1.54) is 11.1 Å². The highest BCUT2D eigenvalue weighted by molar-refractivity contribution is 5.87. The average Bonchev–Trinajstić information content (AvgIpc) is 3.28. The van der Waals surface area contributed by atoms with E-state index >= 15 is 0 Å². The first kappa shape index (κ1) is 16.0. The molecule has 4 rings (SSSR count). The standard InChI is InChI=1S/C22H20O3/c23-13-14-2-1-3-15(10-14)16-4-5-17(11-16)18-6-8-20-19(12-18)7-9-21(20)22(24)25/h1-10,12,21-25H,11,13H2. The molecular weight excluding hydrogens is 312 g/mol. The topological polar surface area (TPSA) is 60.7 Å². The van der Waals surface area contributed by atoms with Crippen molar-refractivity contribution >= 4 is 17.2 Å². The Morgan fingerprint density at radius 1 is 0.960 bits per heavy atom. The number of hydrogen-bond donors (Lipinski definition) is 3. The van der Waals surface area contributed by atoms with Crippen molar-refractivity contribution in [2.45, 2.75) is 25.2 Å². The molecule has 3 nitrogen and oxygen atoms in total. The van der Waals surface area contributed by atoms with Gasteiger partial charge in [0.2, 0.25) is 0 Å². The third kappa shape index (κ3) is 2.98. The predicted molar refractivity (Wildman–Crippen MR) is 99.4 cm³/mol. The van der Waals surface area contributed by atoms with Crippen LogP contribution in [0.3, 0.4) is 0 Å². The molecule has 0 bridgehead atoms. The minimum atomic E-state index is -1.36. The van der Waals surface area contributed by atoms with Crippen molar-refractivity contribution in [3.63, 3.8) is 0 Å². The molecule has 2 aromatic rings. The van der Waals surface area contributed by atoms with E-state index in [-0.39, 0.29) is 12.5 Å². The third-order valence-corrected chi connectivity index (χ3v) is 4.97. The summed E-state index contributed by atoms with van der Waals surface area (Å²) in [6, 6.07) is 14.1. The van der Waals surface area contributed by atoms with Gasteiger partial charge in [0.05, 0.1) is 12.5 Å². The van der Waals surface area contributed by atoms with Crippen LogP contribution in [0.15, 0.2) is 60.7 Å². The molecule has 0 saturated heterocycles. The Morgan fingerprint density at radius 3 is 2.44 bits per heavy atom. The van der Waals surface area contributed by atoms with Gasteiger partial charge in [0, 0.05) is 0 Å². The van der Waals surface area contributed by atoms with Crippen molar-refractivity contribution in [3.8, 4) is 0 Å². The van der Waals surface area contributed by atoms with Gasteiger partial charge in [0.1, 0.15) is 0 Å². The summed E-state index contributed by atoms with van der Waals surface area (Å²) >= 11 is 0. The maximum Gasteiger partial charge on any atom is 0.161 e. The van der Waals surface area contributed by atoms with E-state index in [2.05, 4.69) is 24.3 Å². The normalized spacial score (nSPS) is 18.5. The highest BCUT2D eigenvalue weighted by Gasteiger charge is 2.23. The summed E-state index contributed by atoms with van der Waals surface area (Å²) in [4.78, 5) is 0. The van der Waals surface area contributed by atoms with E-state index in [0.29, 0.717) is 0 Å². The Balaban J connectivity index is 1.55. The summed E-state index contributed by atoms with van der Waals surface area (Å²) in [5.74, 6) is -0.337. The van der Waals surface area contributed by atoms with Crippen LogP contribution in [-0.4, -0.2) is 21.6 Å². The summed E-state index contributed by atoms with van der Waals surface area (Å²) in [6.07, 6.45) is 7.56. The van der Waals surface area contributed by atoms with Gasteiger partial charge in [-0.25, -0.2) is 0 Å². The number of allylic oxidation sites excluding steroid dienone is 4. The lowest BCUT2D eigenvalue weighted by Gasteiger charge is -2.14. The first-order chi connectivity index (χ1) is 12.2. The molecular formula is C22H20O3. The number of rotatable bonds is 4. The Kier molecular flexibility index (Phi) is 4.14. The molecule has 2 aliphatic carbocycles. The van der Waals surface area contributed by atoms with E-state index in [1.807, 2.05) is 42.5 Å². The molecule has 0 amide bonds. The predicted octanol–water partition coefficient (Wildman–Crippen LogP) is 3.47. The lowest BCUT2D eigenvalue weighted by Crippen LogP contribution is -2.14. The zero-order valence-corrected chi connectivity index (χ0v) is 13.8. The van der Waals surface area contributed by atoms with Gasteiger partial charge in [0.15, 0.2) is 6.29 Å². The van der Waals surface area contributed by atoms with Crippen LogP contribution >= 0.6 is 0 Å². The molecule has 3 heteroatoms. The fourth-order valence-corrected chi connectivity index (χ4v) is 3.58. The summed E-state index contributed by atoms with van der Waals surface area (Å²) in [6.45, 7) is 0.0520. The van der Waals surface area contributed by atoms with Gasteiger partial charge in [-0.1, -0.05) is 54.6 Å². The van der Waals surface area contributed by atoms with Gasteiger partial charge in [-0.3, -0.25) is 0 Å². The monoisotopic (exact) mass is 332 g/mol. The van der Waals surface area contributed by atoms with Gasteiger partial charge < -0.3 is 15.3 Å². The number of benzene rings is 2. The molecule has 1 atom stereocenters. The van der Waals surface area contributed by atoms with Crippen molar-refractivity contribution < 1.29 is 15.3 Å². The van der Waals surface area contributed by atoms with Gasteiger partial charge in [-0.2, -0.15) is 0 Å². The van der Waals surface area contributed by atoms with Crippen LogP contribution in [0, 0.1) is 0 Å². The van der Waals surface area contributed by atoms with Gasteiger partial charge in [-0.15, -0.1) is 0 Å². The number of hydrogen-bond acceptors (Lipinski definition) is 3. The summed E-state index contributed by atoms with van der Waals surface area (Å²) in [7, 11) is 0. The summed E-state index contributed by atoms with van der Waals surface area (Å²) in [5.41, 5.74) is 7.71. The molecule has 0 aromatic heterocycles. The zero-order chi connectivity index (χ0) is 17.4. The van der Waals surface area contributed by atoms with Crippen LogP contribution in [0.4, 0.5) is 0 Å². The van der Waals surface area contributed by atoms with Gasteiger partial charge in [-0.05, 0) is 57.5 Å². The quantitative estimate of drug-likeness (QED) is 0.751. The Morgan fingerprint density at radius 2 is 1.72 bits per heavy atom. The average molecular weight is 332 g/mol. The van der Waals surface area contributed by atoms with Crippen molar-refractivity contribution in [1.82, 2.24) is 0 Å². The van der Waals surface area contributed by atoms with E-state index < -0.39 is 6.29 Å². The molecule has 1 unspecified atom stereocenters. The Hall–Kier alpha value is -2.46. The highest BCUT2D eigenvalue weighted by atomic mass is 16.5. The molecule has 0 radical (unpaired) electrons. The van der Waals surface area contributed by atoms with E-state index in [0.717, 1.165) is 34.2 Å². The van der Waals surface area contributed by atoms with E-state index in [1.54, 1.807) is 0 Å². The second kappa shape index (κ2) is 6.45. The Bertz CT molecular complexity index is 903. The van der Waals surface area contributed by atoms with Gasteiger partial charge >= 0.3 is 0 Å². The van der Waals surface area contributed by atoms with E-state index in [9.17, 15) is 15.3 Å². The molecule has 0 aliphatic heterocycles. The van der Waals surface area contributed by atoms with Crippen LogP contribution in [-0.2, 0) is 6.61 Å². The van der Waals surface area contributed by atoms with Crippen molar-refractivity contribution in [2.24, 2.45) is 0 Å². The molecule has 0 heterocycles. The number of aliphatic hydroxyl groups excluding tert-OH is 2. The number of aliphatic hydroxyl groups is 3. The zero-order valence-electron chi connectivity index (χ0n) is 13.8. The smallest absolute Gasteiger partial charge is 0.161 e. The molecule has 2 aliphatic rings. The molecule has 2 aromatic carbocycles. The largest absolute Gasteiger partial charge is 0.392 e. The van der Waals surface area contributed by atoms with Crippen molar-refractivity contribution in [2.75, 3.05) is 0 Å². The molecule has 0 spiro atoms. The van der Waals surface area contributed by atoms with Crippen LogP contribution in [0.1, 0.15) is 40.2 Å². The van der Waals surface area contributed by atoms with Gasteiger partial charge in [0.25, 0.3) is 0 Å². The number of fused-ring (bicyclic) bond motifs is 1. The first-order valence-corrected chi connectivity index (χ1v) is 8.44. The summed E-state index contributed by atoms with van der Waals surface area (Å²) < 4.78 is 0. The minimum Gasteiger partial charge on any atom is -0.392 e. The fraction of sp³-hybridized carbons (Fsp3) is 0.182.